The maximum absolute atomic E-state index is 10.1. The summed E-state index contributed by atoms with van der Waals surface area (Å²) in [4.78, 5) is 52.6. The Labute approximate surface area is 111 Å². The van der Waals surface area contributed by atoms with E-state index in [1.165, 1.54) is 24.3 Å². The van der Waals surface area contributed by atoms with E-state index in [0.29, 0.717) is 0 Å². The van der Waals surface area contributed by atoms with Gasteiger partial charge in [-0.3, -0.25) is 10.1 Å². The standard InChI is InChI=1S/C6H5NO3.2H3O4P/c8-6-4-2-1-3-5(6)7(9)10;2*1-5(2,3)4/h1-4,8H;2*(H3,1,2,3,4). The van der Waals surface area contributed by atoms with Crippen LogP contribution in [0.5, 0.6) is 5.75 Å². The van der Waals surface area contributed by atoms with Crippen molar-refractivity contribution in [2.24, 2.45) is 0 Å². The molecule has 0 heterocycles. The summed E-state index contributed by atoms with van der Waals surface area (Å²) >= 11 is 0. The SMILES string of the molecule is O=P(O)(O)O.O=P(O)(O)O.O=[N+]([O-])c1ccccc1O. The lowest BCUT2D eigenvalue weighted by Gasteiger charge is -1.91. The molecule has 0 spiro atoms. The van der Waals surface area contributed by atoms with E-state index in [0.717, 1.165) is 0 Å². The van der Waals surface area contributed by atoms with E-state index in [4.69, 9.17) is 43.6 Å². The van der Waals surface area contributed by atoms with Crippen molar-refractivity contribution in [1.29, 1.82) is 0 Å². The number of benzene rings is 1. The van der Waals surface area contributed by atoms with Crippen LogP contribution in [0.4, 0.5) is 5.69 Å². The zero-order chi connectivity index (χ0) is 16.6. The van der Waals surface area contributed by atoms with Crippen molar-refractivity contribution in [1.82, 2.24) is 0 Å². The van der Waals surface area contributed by atoms with Crippen LogP contribution >= 0.6 is 15.6 Å². The Bertz CT molecular complexity index is 483. The zero-order valence-corrected chi connectivity index (χ0v) is 11.2. The average molecular weight is 335 g/mol. The van der Waals surface area contributed by atoms with Crippen LogP contribution in [0.2, 0.25) is 0 Å². The molecule has 20 heavy (non-hydrogen) atoms. The van der Waals surface area contributed by atoms with Gasteiger partial charge in [0.1, 0.15) is 0 Å². The van der Waals surface area contributed by atoms with Crippen molar-refractivity contribution in [3.05, 3.63) is 34.4 Å². The molecule has 0 unspecified atom stereocenters. The first-order chi connectivity index (χ1) is 8.72. The van der Waals surface area contributed by atoms with Gasteiger partial charge in [0.25, 0.3) is 0 Å². The number of nitro benzene ring substituents is 1. The molecule has 0 saturated heterocycles. The normalized spacial score (nSPS) is 10.5. The maximum atomic E-state index is 10.1. The Balaban J connectivity index is 0. The minimum atomic E-state index is -4.64. The van der Waals surface area contributed by atoms with E-state index in [2.05, 4.69) is 0 Å². The summed E-state index contributed by atoms with van der Waals surface area (Å²) in [5, 5.41) is 18.9. The summed E-state index contributed by atoms with van der Waals surface area (Å²) in [6.07, 6.45) is 0. The first-order valence-electron chi connectivity index (χ1n) is 4.20. The van der Waals surface area contributed by atoms with Crippen molar-refractivity contribution in [3.63, 3.8) is 0 Å². The highest BCUT2D eigenvalue weighted by Crippen LogP contribution is 2.26. The second-order valence-corrected chi connectivity index (χ2v) is 4.83. The molecule has 7 N–H and O–H groups in total. The highest BCUT2D eigenvalue weighted by Gasteiger charge is 2.09. The lowest BCUT2D eigenvalue weighted by molar-refractivity contribution is -0.385. The smallest absolute Gasteiger partial charge is 0.466 e. The molecular weight excluding hydrogens is 324 g/mol. The van der Waals surface area contributed by atoms with E-state index in [9.17, 15) is 10.1 Å². The van der Waals surface area contributed by atoms with Gasteiger partial charge in [0.2, 0.25) is 0 Å². The second-order valence-electron chi connectivity index (χ2n) is 2.77. The molecular formula is C6H11NO11P2. The molecule has 0 bridgehead atoms. The number of phenolic OH excluding ortho intramolecular Hbond substituents is 1. The molecule has 0 aliphatic heterocycles. The van der Waals surface area contributed by atoms with Crippen LogP contribution in [0.3, 0.4) is 0 Å². The third kappa shape index (κ3) is 21.9. The van der Waals surface area contributed by atoms with Crippen LogP contribution in [0, 0.1) is 10.1 Å². The Hall–Kier alpha value is -1.36. The van der Waals surface area contributed by atoms with Crippen LogP contribution in [-0.2, 0) is 9.13 Å². The number of nitrogens with zero attached hydrogens (tertiary/aromatic N) is 1. The van der Waals surface area contributed by atoms with Gasteiger partial charge in [-0.25, -0.2) is 9.13 Å². The van der Waals surface area contributed by atoms with E-state index < -0.39 is 20.6 Å². The fraction of sp³-hybridized carbons (Fsp3) is 0. The van der Waals surface area contributed by atoms with Crippen molar-refractivity contribution in [2.45, 2.75) is 0 Å². The minimum Gasteiger partial charge on any atom is -0.502 e. The van der Waals surface area contributed by atoms with Crippen molar-refractivity contribution in [2.75, 3.05) is 0 Å². The number of hydrogen-bond acceptors (Lipinski definition) is 5. The first-order valence-corrected chi connectivity index (χ1v) is 7.34. The summed E-state index contributed by atoms with van der Waals surface area (Å²) in [6.45, 7) is 0. The molecule has 1 rings (SSSR count). The molecule has 0 amide bonds. The molecule has 1 aromatic rings. The summed E-state index contributed by atoms with van der Waals surface area (Å²) in [5.74, 6) is -0.299. The van der Waals surface area contributed by atoms with E-state index in [-0.39, 0.29) is 11.4 Å². The van der Waals surface area contributed by atoms with Gasteiger partial charge in [-0.1, -0.05) is 12.1 Å². The molecule has 0 saturated carbocycles. The fourth-order valence-corrected chi connectivity index (χ4v) is 0.619. The number of para-hydroxylation sites is 2. The van der Waals surface area contributed by atoms with Crippen LogP contribution in [0.1, 0.15) is 0 Å². The fourth-order valence-electron chi connectivity index (χ4n) is 0.619. The second kappa shape index (κ2) is 8.74. The molecule has 0 radical (unpaired) electrons. The Morgan fingerprint density at radius 2 is 1.20 bits per heavy atom. The summed E-state index contributed by atoms with van der Waals surface area (Å²) < 4.78 is 17.8. The van der Waals surface area contributed by atoms with Crippen LogP contribution < -0.4 is 0 Å². The number of aromatic hydroxyl groups is 1. The molecule has 0 aliphatic rings. The van der Waals surface area contributed by atoms with Crippen molar-refractivity contribution in [3.8, 4) is 5.75 Å². The topological polar surface area (TPSA) is 219 Å². The summed E-state index contributed by atoms with van der Waals surface area (Å²) in [6, 6.07) is 5.55. The van der Waals surface area contributed by atoms with Gasteiger partial charge in [0, 0.05) is 6.07 Å². The maximum Gasteiger partial charge on any atom is 0.466 e. The lowest BCUT2D eigenvalue weighted by atomic mass is 10.3. The van der Waals surface area contributed by atoms with Crippen molar-refractivity contribution < 1.29 is 48.5 Å². The molecule has 116 valence electrons. The van der Waals surface area contributed by atoms with Gasteiger partial charge in [0.15, 0.2) is 5.75 Å². The van der Waals surface area contributed by atoms with Gasteiger partial charge in [-0.2, -0.15) is 0 Å². The predicted molar refractivity (Wildman–Crippen MR) is 63.3 cm³/mol. The predicted octanol–water partition coefficient (Wildman–Crippen LogP) is -0.557. The summed E-state index contributed by atoms with van der Waals surface area (Å²) in [5.41, 5.74) is -0.262. The summed E-state index contributed by atoms with van der Waals surface area (Å²) in [7, 11) is -9.28. The third-order valence-corrected chi connectivity index (χ3v) is 1.08. The molecule has 0 aliphatic carbocycles. The Kier molecular flexibility index (Phi) is 9.15. The molecule has 0 fully saturated rings. The van der Waals surface area contributed by atoms with E-state index >= 15 is 0 Å². The number of nitro groups is 1. The highest BCUT2D eigenvalue weighted by atomic mass is 31.2. The van der Waals surface area contributed by atoms with Crippen LogP contribution in [0.25, 0.3) is 0 Å². The first kappa shape index (κ1) is 20.9. The Morgan fingerprint density at radius 1 is 0.900 bits per heavy atom. The highest BCUT2D eigenvalue weighted by molar-refractivity contribution is 7.45. The molecule has 14 heteroatoms. The minimum absolute atomic E-state index is 0.262. The van der Waals surface area contributed by atoms with Gasteiger partial charge >= 0.3 is 21.3 Å². The van der Waals surface area contributed by atoms with E-state index in [1.54, 1.807) is 0 Å². The van der Waals surface area contributed by atoms with Crippen LogP contribution in [0.15, 0.2) is 24.3 Å². The lowest BCUT2D eigenvalue weighted by Crippen LogP contribution is -1.86. The molecule has 1 aromatic carbocycles. The van der Waals surface area contributed by atoms with Gasteiger partial charge < -0.3 is 34.5 Å². The quantitative estimate of drug-likeness (QED) is 0.196. The third-order valence-electron chi connectivity index (χ3n) is 1.08. The molecule has 12 nitrogen and oxygen atoms in total. The number of phenols is 1. The largest absolute Gasteiger partial charge is 0.502 e. The molecule has 0 atom stereocenters. The average Bonchev–Trinajstić information content (AvgIpc) is 2.12. The van der Waals surface area contributed by atoms with Crippen molar-refractivity contribution >= 4 is 21.3 Å². The van der Waals surface area contributed by atoms with Gasteiger partial charge in [0.05, 0.1) is 4.92 Å². The van der Waals surface area contributed by atoms with Gasteiger partial charge in [-0.05, 0) is 6.07 Å². The molecule has 0 aromatic heterocycles. The monoisotopic (exact) mass is 335 g/mol. The number of hydrogen-bond donors (Lipinski definition) is 7. The van der Waals surface area contributed by atoms with E-state index in [1.807, 2.05) is 0 Å². The Morgan fingerprint density at radius 3 is 1.40 bits per heavy atom. The van der Waals surface area contributed by atoms with Gasteiger partial charge in [-0.15, -0.1) is 0 Å². The zero-order valence-electron chi connectivity index (χ0n) is 9.41. The number of phosphoric acid groups is 2. The number of rotatable bonds is 1. The van der Waals surface area contributed by atoms with Crippen LogP contribution in [-0.4, -0.2) is 39.4 Å².